The molecule has 0 aliphatic rings. The van der Waals surface area contributed by atoms with Gasteiger partial charge in [0.1, 0.15) is 0 Å². The van der Waals surface area contributed by atoms with E-state index in [0.717, 1.165) is 19.3 Å². The zero-order chi connectivity index (χ0) is 10.6. The first kappa shape index (κ1) is 13.4. The van der Waals surface area contributed by atoms with Crippen LogP contribution in [0, 0.1) is 0 Å². The summed E-state index contributed by atoms with van der Waals surface area (Å²) in [5, 5.41) is 0. The third-order valence-corrected chi connectivity index (χ3v) is 2.24. The van der Waals surface area contributed by atoms with Crippen molar-refractivity contribution in [1.82, 2.24) is 0 Å². The second-order valence-electron chi connectivity index (χ2n) is 3.55. The van der Waals surface area contributed by atoms with Crippen LogP contribution in [0.3, 0.4) is 0 Å². The zero-order valence-corrected chi connectivity index (χ0v) is 9.01. The molecule has 0 amide bonds. The quantitative estimate of drug-likeness (QED) is 0.401. The maximum absolute atomic E-state index is 12.6. The van der Waals surface area contributed by atoms with E-state index in [1.54, 1.807) is 0 Å². The molecule has 0 aliphatic carbocycles. The van der Waals surface area contributed by atoms with Gasteiger partial charge in [-0.05, 0) is 6.42 Å². The lowest BCUT2D eigenvalue weighted by Crippen LogP contribution is -2.04. The molecule has 84 valence electrons. The van der Waals surface area contributed by atoms with Gasteiger partial charge in [-0.1, -0.05) is 45.4 Å². The third-order valence-electron chi connectivity index (χ3n) is 2.24. The maximum Gasteiger partial charge on any atom is 0.295 e. The van der Waals surface area contributed by atoms with Gasteiger partial charge in [0.05, 0.1) is 0 Å². The molecule has 2 nitrogen and oxygen atoms in total. The molecule has 0 saturated heterocycles. The van der Waals surface area contributed by atoms with E-state index < -0.39 is 6.36 Å². The number of carbonyl (C=O) groups is 1. The Balaban J connectivity index is 3.01. The highest BCUT2D eigenvalue weighted by Gasteiger charge is 2.04. The van der Waals surface area contributed by atoms with Gasteiger partial charge in [0.15, 0.2) is 0 Å². The number of hydrogen-bond acceptors (Lipinski definition) is 2. The van der Waals surface area contributed by atoms with E-state index in [1.807, 2.05) is 0 Å². The molecule has 0 aromatic heterocycles. The molecule has 0 heterocycles. The molecule has 0 aliphatic heterocycles. The number of halogens is 1. The van der Waals surface area contributed by atoms with E-state index >= 15 is 0 Å². The summed E-state index contributed by atoms with van der Waals surface area (Å²) in [6.45, 7) is 2.36. The molecule has 0 fully saturated rings. The van der Waals surface area contributed by atoms with E-state index in [9.17, 15) is 9.18 Å². The topological polar surface area (TPSA) is 26.3 Å². The highest BCUT2D eigenvalue weighted by molar-refractivity contribution is 5.37. The van der Waals surface area contributed by atoms with Crippen molar-refractivity contribution in [1.29, 1.82) is 0 Å². The first-order valence-electron chi connectivity index (χ1n) is 5.54. The van der Waals surface area contributed by atoms with E-state index in [-0.39, 0.29) is 6.47 Å². The molecule has 1 unspecified atom stereocenters. The first-order valence-corrected chi connectivity index (χ1v) is 5.54. The summed E-state index contributed by atoms with van der Waals surface area (Å²) >= 11 is 0. The summed E-state index contributed by atoms with van der Waals surface area (Å²) in [4.78, 5) is 9.76. The van der Waals surface area contributed by atoms with Gasteiger partial charge < -0.3 is 4.74 Å². The molecule has 0 rings (SSSR count). The van der Waals surface area contributed by atoms with Crippen molar-refractivity contribution in [2.24, 2.45) is 0 Å². The van der Waals surface area contributed by atoms with Crippen molar-refractivity contribution in [3.63, 3.8) is 0 Å². The second kappa shape index (κ2) is 10.5. The SMILES string of the molecule is CCCCCCCCCC(F)OC=O. The normalized spacial score (nSPS) is 12.4. The number of alkyl halides is 1. The lowest BCUT2D eigenvalue weighted by atomic mass is 10.1. The van der Waals surface area contributed by atoms with Gasteiger partial charge in [-0.2, -0.15) is 0 Å². The second-order valence-corrected chi connectivity index (χ2v) is 3.55. The van der Waals surface area contributed by atoms with Crippen molar-refractivity contribution in [2.75, 3.05) is 0 Å². The van der Waals surface area contributed by atoms with Crippen LogP contribution in [-0.2, 0) is 9.53 Å². The van der Waals surface area contributed by atoms with E-state index in [1.165, 1.54) is 25.7 Å². The number of hydrogen-bond donors (Lipinski definition) is 0. The molecule has 0 N–H and O–H groups in total. The van der Waals surface area contributed by atoms with Gasteiger partial charge in [0.25, 0.3) is 6.47 Å². The van der Waals surface area contributed by atoms with Crippen LogP contribution in [0.1, 0.15) is 58.3 Å². The number of ether oxygens (including phenoxy) is 1. The zero-order valence-electron chi connectivity index (χ0n) is 9.01. The molecule has 0 saturated carbocycles. The Bertz CT molecular complexity index is 128. The fraction of sp³-hybridized carbons (Fsp3) is 0.909. The van der Waals surface area contributed by atoms with Gasteiger partial charge in [-0.15, -0.1) is 0 Å². The van der Waals surface area contributed by atoms with Crippen LogP contribution in [0.2, 0.25) is 0 Å². The van der Waals surface area contributed by atoms with Gasteiger partial charge in [0.2, 0.25) is 6.36 Å². The van der Waals surface area contributed by atoms with Gasteiger partial charge >= 0.3 is 0 Å². The summed E-state index contributed by atoms with van der Waals surface area (Å²) in [7, 11) is 0. The summed E-state index contributed by atoms with van der Waals surface area (Å²) in [6, 6.07) is 0. The Morgan fingerprint density at radius 3 is 2.29 bits per heavy atom. The smallest absolute Gasteiger partial charge is 0.295 e. The average molecular weight is 204 g/mol. The van der Waals surface area contributed by atoms with Crippen molar-refractivity contribution in [2.45, 2.75) is 64.6 Å². The predicted octanol–water partition coefficient (Wildman–Crippen LogP) is 3.60. The molecule has 0 spiro atoms. The Morgan fingerprint density at radius 2 is 1.71 bits per heavy atom. The van der Waals surface area contributed by atoms with Gasteiger partial charge in [-0.25, -0.2) is 4.39 Å². The molecular formula is C11H21FO2. The lowest BCUT2D eigenvalue weighted by molar-refractivity contribution is -0.142. The van der Waals surface area contributed by atoms with Gasteiger partial charge in [0, 0.05) is 6.42 Å². The molecule has 0 bridgehead atoms. The fourth-order valence-corrected chi connectivity index (χ4v) is 1.39. The van der Waals surface area contributed by atoms with Crippen molar-refractivity contribution in [3.8, 4) is 0 Å². The number of carbonyl (C=O) groups excluding carboxylic acids is 1. The molecular weight excluding hydrogens is 183 g/mol. The van der Waals surface area contributed by atoms with Crippen LogP contribution < -0.4 is 0 Å². The minimum absolute atomic E-state index is 0.173. The highest BCUT2D eigenvalue weighted by atomic mass is 19.1. The number of unbranched alkanes of at least 4 members (excludes halogenated alkanes) is 6. The predicted molar refractivity (Wildman–Crippen MR) is 54.7 cm³/mol. The van der Waals surface area contributed by atoms with E-state index in [0.29, 0.717) is 6.42 Å². The Hall–Kier alpha value is -0.600. The van der Waals surface area contributed by atoms with Crippen LogP contribution in [0.25, 0.3) is 0 Å². The molecule has 14 heavy (non-hydrogen) atoms. The van der Waals surface area contributed by atoms with E-state index in [4.69, 9.17) is 0 Å². The summed E-state index contributed by atoms with van der Waals surface area (Å²) in [6.07, 6.45) is 7.00. The molecule has 0 aromatic rings. The Morgan fingerprint density at radius 1 is 1.14 bits per heavy atom. The Labute approximate surface area is 85.8 Å². The Kier molecular flexibility index (Phi) is 10.0. The van der Waals surface area contributed by atoms with Crippen molar-refractivity contribution in [3.05, 3.63) is 0 Å². The summed E-state index contributed by atoms with van der Waals surface area (Å²) < 4.78 is 16.7. The highest BCUT2D eigenvalue weighted by Crippen LogP contribution is 2.11. The van der Waals surface area contributed by atoms with Crippen LogP contribution in [0.15, 0.2) is 0 Å². The first-order chi connectivity index (χ1) is 6.81. The minimum atomic E-state index is -1.40. The fourth-order valence-electron chi connectivity index (χ4n) is 1.39. The van der Waals surface area contributed by atoms with Crippen LogP contribution in [-0.4, -0.2) is 12.8 Å². The van der Waals surface area contributed by atoms with Gasteiger partial charge in [-0.3, -0.25) is 4.79 Å². The maximum atomic E-state index is 12.6. The average Bonchev–Trinajstić information content (AvgIpc) is 2.17. The standard InChI is InChI=1S/C11H21FO2/c1-2-3-4-5-6-7-8-9-11(12)14-10-13/h10-11H,2-9H2,1H3. The van der Waals surface area contributed by atoms with Crippen LogP contribution >= 0.6 is 0 Å². The molecule has 1 atom stereocenters. The molecule has 0 aromatic carbocycles. The summed E-state index contributed by atoms with van der Waals surface area (Å²) in [5.41, 5.74) is 0. The molecule has 3 heteroatoms. The van der Waals surface area contributed by atoms with Crippen LogP contribution in [0.4, 0.5) is 4.39 Å². The lowest BCUT2D eigenvalue weighted by Gasteiger charge is -2.05. The summed E-state index contributed by atoms with van der Waals surface area (Å²) in [5.74, 6) is 0. The van der Waals surface area contributed by atoms with Crippen molar-refractivity contribution < 1.29 is 13.9 Å². The van der Waals surface area contributed by atoms with Crippen molar-refractivity contribution >= 4 is 6.47 Å². The number of rotatable bonds is 10. The largest absolute Gasteiger partial charge is 0.433 e. The minimum Gasteiger partial charge on any atom is -0.433 e. The third kappa shape index (κ3) is 9.49. The monoisotopic (exact) mass is 204 g/mol. The molecule has 0 radical (unpaired) electrons. The van der Waals surface area contributed by atoms with Crippen LogP contribution in [0.5, 0.6) is 0 Å². The van der Waals surface area contributed by atoms with E-state index in [2.05, 4.69) is 11.7 Å².